The maximum atomic E-state index is 13.4. The molecule has 100 valence electrons. The van der Waals surface area contributed by atoms with Gasteiger partial charge in [-0.2, -0.15) is 0 Å². The second kappa shape index (κ2) is 5.53. The molecule has 0 fully saturated rings. The number of hydrogen-bond donors (Lipinski definition) is 1. The maximum absolute atomic E-state index is 13.4. The maximum Gasteiger partial charge on any atom is 0.173 e. The smallest absolute Gasteiger partial charge is 0.173 e. The zero-order chi connectivity index (χ0) is 14.2. The molecule has 0 aliphatic heterocycles. The summed E-state index contributed by atoms with van der Waals surface area (Å²) in [6.07, 6.45) is -1.37. The van der Waals surface area contributed by atoms with Crippen LogP contribution in [0.5, 0.6) is 0 Å². The van der Waals surface area contributed by atoms with Crippen LogP contribution in [0.4, 0.5) is 13.2 Å². The first kappa shape index (κ1) is 14.4. The quantitative estimate of drug-likeness (QED) is 0.784. The molecule has 0 amide bonds. The van der Waals surface area contributed by atoms with Crippen molar-refractivity contribution in [3.05, 3.63) is 68.4 Å². The third kappa shape index (κ3) is 2.78. The van der Waals surface area contributed by atoms with E-state index in [-0.39, 0.29) is 20.6 Å². The van der Waals surface area contributed by atoms with Crippen molar-refractivity contribution in [3.8, 4) is 0 Å². The second-order valence-corrected chi connectivity index (χ2v) is 5.03. The van der Waals surface area contributed by atoms with Crippen LogP contribution in [0.25, 0.3) is 0 Å². The van der Waals surface area contributed by atoms with Gasteiger partial charge in [0.25, 0.3) is 0 Å². The van der Waals surface area contributed by atoms with Crippen LogP contribution in [0.1, 0.15) is 17.2 Å². The van der Waals surface area contributed by atoms with E-state index in [1.54, 1.807) is 0 Å². The zero-order valence-electron chi connectivity index (χ0n) is 9.30. The molecule has 0 heterocycles. The average molecular weight is 352 g/mol. The van der Waals surface area contributed by atoms with Crippen molar-refractivity contribution in [1.29, 1.82) is 0 Å². The molecule has 0 spiro atoms. The summed E-state index contributed by atoms with van der Waals surface area (Å²) in [6, 6.07) is 5.54. The Bertz CT molecular complexity index is 634. The number of halogens is 5. The van der Waals surface area contributed by atoms with Gasteiger partial charge in [0.2, 0.25) is 0 Å². The van der Waals surface area contributed by atoms with E-state index in [0.717, 1.165) is 18.2 Å². The van der Waals surface area contributed by atoms with Crippen molar-refractivity contribution in [2.45, 2.75) is 6.10 Å². The molecule has 0 saturated carbocycles. The molecule has 2 rings (SSSR count). The molecule has 0 bridgehead atoms. The summed E-state index contributed by atoms with van der Waals surface area (Å²) in [4.78, 5) is 0. The lowest BCUT2D eigenvalue weighted by atomic mass is 10.0. The van der Waals surface area contributed by atoms with Crippen molar-refractivity contribution >= 4 is 27.5 Å². The third-order valence-corrected chi connectivity index (χ3v) is 3.76. The summed E-state index contributed by atoms with van der Waals surface area (Å²) >= 11 is 8.71. The van der Waals surface area contributed by atoms with E-state index in [1.165, 1.54) is 12.1 Å². The predicted octanol–water partition coefficient (Wildman–Crippen LogP) is 4.60. The van der Waals surface area contributed by atoms with Gasteiger partial charge in [-0.3, -0.25) is 0 Å². The van der Waals surface area contributed by atoms with Gasteiger partial charge < -0.3 is 5.11 Å². The van der Waals surface area contributed by atoms with Gasteiger partial charge in [0.15, 0.2) is 11.6 Å². The third-order valence-electron chi connectivity index (χ3n) is 2.61. The Hall–Kier alpha value is -1.04. The SMILES string of the molecule is OC(c1cc(F)ccc1Cl)c1ccc(F)c(F)c1Br. The summed E-state index contributed by atoms with van der Waals surface area (Å²) in [5.74, 6) is -2.76. The highest BCUT2D eigenvalue weighted by Gasteiger charge is 2.21. The molecule has 0 aromatic heterocycles. The standard InChI is InChI=1S/C13H7BrClF3O/c14-11-7(2-4-10(17)12(11)18)13(19)8-5-6(16)1-3-9(8)15/h1-5,13,19H. The highest BCUT2D eigenvalue weighted by molar-refractivity contribution is 9.10. The van der Waals surface area contributed by atoms with Gasteiger partial charge in [0.05, 0.1) is 4.47 Å². The van der Waals surface area contributed by atoms with E-state index in [2.05, 4.69) is 15.9 Å². The number of hydrogen-bond acceptors (Lipinski definition) is 1. The lowest BCUT2D eigenvalue weighted by Gasteiger charge is -2.15. The molecular weight excluding hydrogens is 344 g/mol. The van der Waals surface area contributed by atoms with Crippen LogP contribution in [0.3, 0.4) is 0 Å². The van der Waals surface area contributed by atoms with Crippen LogP contribution in [-0.4, -0.2) is 5.11 Å². The minimum Gasteiger partial charge on any atom is -0.384 e. The lowest BCUT2D eigenvalue weighted by Crippen LogP contribution is -2.04. The van der Waals surface area contributed by atoms with Crippen molar-refractivity contribution in [2.75, 3.05) is 0 Å². The van der Waals surface area contributed by atoms with E-state index < -0.39 is 23.6 Å². The van der Waals surface area contributed by atoms with E-state index in [0.29, 0.717) is 0 Å². The Balaban J connectivity index is 2.53. The lowest BCUT2D eigenvalue weighted by molar-refractivity contribution is 0.218. The monoisotopic (exact) mass is 350 g/mol. The Kier molecular flexibility index (Phi) is 4.18. The molecule has 2 aromatic rings. The van der Waals surface area contributed by atoms with Crippen molar-refractivity contribution in [1.82, 2.24) is 0 Å². The molecular formula is C13H7BrClF3O. The summed E-state index contributed by atoms with van der Waals surface area (Å²) in [5.41, 5.74) is 0.139. The first-order valence-electron chi connectivity index (χ1n) is 5.18. The summed E-state index contributed by atoms with van der Waals surface area (Å²) in [5, 5.41) is 10.3. The van der Waals surface area contributed by atoms with Crippen molar-refractivity contribution in [3.63, 3.8) is 0 Å². The van der Waals surface area contributed by atoms with Gasteiger partial charge in [-0.25, -0.2) is 13.2 Å². The van der Waals surface area contributed by atoms with Crippen LogP contribution in [-0.2, 0) is 0 Å². The summed E-state index contributed by atoms with van der Waals surface area (Å²) in [6.45, 7) is 0. The highest BCUT2D eigenvalue weighted by Crippen LogP contribution is 2.34. The van der Waals surface area contributed by atoms with Gasteiger partial charge >= 0.3 is 0 Å². The molecule has 0 aliphatic carbocycles. The fourth-order valence-corrected chi connectivity index (χ4v) is 2.40. The number of aliphatic hydroxyl groups is 1. The predicted molar refractivity (Wildman–Crippen MR) is 69.5 cm³/mol. The fraction of sp³-hybridized carbons (Fsp3) is 0.0769. The minimum atomic E-state index is -1.37. The summed E-state index contributed by atoms with van der Waals surface area (Å²) in [7, 11) is 0. The molecule has 0 aliphatic rings. The number of benzene rings is 2. The fourth-order valence-electron chi connectivity index (χ4n) is 1.64. The summed E-state index contributed by atoms with van der Waals surface area (Å²) < 4.78 is 39.3. The van der Waals surface area contributed by atoms with E-state index in [4.69, 9.17) is 11.6 Å². The van der Waals surface area contributed by atoms with Crippen LogP contribution in [0, 0.1) is 17.5 Å². The van der Waals surface area contributed by atoms with E-state index >= 15 is 0 Å². The van der Waals surface area contributed by atoms with Gasteiger partial charge in [-0.1, -0.05) is 17.7 Å². The first-order valence-corrected chi connectivity index (χ1v) is 6.35. The van der Waals surface area contributed by atoms with Crippen LogP contribution < -0.4 is 0 Å². The van der Waals surface area contributed by atoms with Crippen LogP contribution >= 0.6 is 27.5 Å². The molecule has 0 saturated heterocycles. The minimum absolute atomic E-state index is 0.0615. The topological polar surface area (TPSA) is 20.2 Å². The van der Waals surface area contributed by atoms with Gasteiger partial charge in [0.1, 0.15) is 11.9 Å². The second-order valence-electron chi connectivity index (χ2n) is 3.83. The molecule has 1 atom stereocenters. The van der Waals surface area contributed by atoms with E-state index in [9.17, 15) is 18.3 Å². The Morgan fingerprint density at radius 3 is 2.42 bits per heavy atom. The largest absolute Gasteiger partial charge is 0.384 e. The molecule has 0 radical (unpaired) electrons. The molecule has 2 aromatic carbocycles. The number of aliphatic hydroxyl groups excluding tert-OH is 1. The van der Waals surface area contributed by atoms with E-state index in [1.807, 2.05) is 0 Å². The van der Waals surface area contributed by atoms with Crippen LogP contribution in [0.15, 0.2) is 34.8 Å². The molecule has 6 heteroatoms. The Labute approximate surface area is 120 Å². The van der Waals surface area contributed by atoms with Gasteiger partial charge in [-0.15, -0.1) is 0 Å². The zero-order valence-corrected chi connectivity index (χ0v) is 11.6. The average Bonchev–Trinajstić information content (AvgIpc) is 2.38. The molecule has 1 N–H and O–H groups in total. The Morgan fingerprint density at radius 2 is 1.74 bits per heavy atom. The van der Waals surface area contributed by atoms with Crippen molar-refractivity contribution < 1.29 is 18.3 Å². The van der Waals surface area contributed by atoms with Crippen LogP contribution in [0.2, 0.25) is 5.02 Å². The van der Waals surface area contributed by atoms with Gasteiger partial charge in [0, 0.05) is 16.1 Å². The highest BCUT2D eigenvalue weighted by atomic mass is 79.9. The van der Waals surface area contributed by atoms with Crippen molar-refractivity contribution in [2.24, 2.45) is 0 Å². The molecule has 1 nitrogen and oxygen atoms in total. The van der Waals surface area contributed by atoms with Gasteiger partial charge in [-0.05, 0) is 40.2 Å². The number of rotatable bonds is 2. The first-order chi connectivity index (χ1) is 8.91. The Morgan fingerprint density at radius 1 is 1.05 bits per heavy atom. The molecule has 19 heavy (non-hydrogen) atoms. The molecule has 1 unspecified atom stereocenters. The normalized spacial score (nSPS) is 12.5.